The summed E-state index contributed by atoms with van der Waals surface area (Å²) in [6.45, 7) is 1.98. The number of carboxylic acid groups (broad SMARTS) is 1. The molecule has 170 valence electrons. The van der Waals surface area contributed by atoms with Gasteiger partial charge in [0.1, 0.15) is 17.3 Å². The van der Waals surface area contributed by atoms with Crippen molar-refractivity contribution in [2.24, 2.45) is 0 Å². The Kier molecular flexibility index (Phi) is 6.37. The average molecular weight is 452 g/mol. The molecule has 8 heteroatoms. The van der Waals surface area contributed by atoms with Crippen LogP contribution in [0.2, 0.25) is 0 Å². The summed E-state index contributed by atoms with van der Waals surface area (Å²) in [5.41, 5.74) is 1.57. The number of fused-ring (bicyclic) bond motifs is 2. The molecular formula is C25H22F2N2O4. The van der Waals surface area contributed by atoms with Crippen LogP contribution < -0.4 is 5.32 Å². The van der Waals surface area contributed by atoms with E-state index < -0.39 is 23.6 Å². The van der Waals surface area contributed by atoms with Crippen LogP contribution in [0.3, 0.4) is 0 Å². The van der Waals surface area contributed by atoms with E-state index in [0.717, 1.165) is 10.9 Å². The van der Waals surface area contributed by atoms with E-state index in [1.807, 2.05) is 12.1 Å². The van der Waals surface area contributed by atoms with Crippen LogP contribution in [0.4, 0.5) is 8.78 Å². The molecule has 1 heterocycles. The highest BCUT2D eigenvalue weighted by atomic mass is 19.1. The minimum absolute atomic E-state index is 0.0254. The molecule has 4 rings (SSSR count). The third-order valence-electron chi connectivity index (χ3n) is 5.47. The third-order valence-corrected chi connectivity index (χ3v) is 5.47. The lowest BCUT2D eigenvalue weighted by Crippen LogP contribution is -2.25. The van der Waals surface area contributed by atoms with Gasteiger partial charge in [-0.25, -0.2) is 13.6 Å². The number of esters is 1. The molecule has 6 nitrogen and oxygen atoms in total. The number of halogens is 2. The second kappa shape index (κ2) is 9.38. The van der Waals surface area contributed by atoms with Gasteiger partial charge in [-0.05, 0) is 53.6 Å². The largest absolute Gasteiger partial charge is 0.477 e. The van der Waals surface area contributed by atoms with Gasteiger partial charge in [0.15, 0.2) is 0 Å². The van der Waals surface area contributed by atoms with Crippen LogP contribution in [0.1, 0.15) is 28.5 Å². The van der Waals surface area contributed by atoms with Gasteiger partial charge in [0.25, 0.3) is 0 Å². The lowest BCUT2D eigenvalue weighted by atomic mass is 10.0. The molecule has 33 heavy (non-hydrogen) atoms. The molecule has 0 aliphatic rings. The Balaban J connectivity index is 1.82. The molecule has 0 aliphatic heterocycles. The first-order chi connectivity index (χ1) is 15.9. The Labute approximate surface area is 188 Å². The molecule has 0 amide bonds. The van der Waals surface area contributed by atoms with Crippen molar-refractivity contribution in [2.45, 2.75) is 20.0 Å². The zero-order chi connectivity index (χ0) is 23.5. The van der Waals surface area contributed by atoms with Gasteiger partial charge in [0.05, 0.1) is 13.2 Å². The van der Waals surface area contributed by atoms with Crippen LogP contribution in [0.15, 0.2) is 54.6 Å². The number of nitrogens with zero attached hydrogens (tertiary/aromatic N) is 1. The van der Waals surface area contributed by atoms with Crippen molar-refractivity contribution < 1.29 is 28.2 Å². The molecule has 0 aliphatic carbocycles. The standard InChI is InChI=1S/C25H22F2N2O4/c1-2-33-23(30)13-28-12-21-20-11-18(27)8-9-22(20)29(24(21)25(31)32)14-16-5-3-4-15-6-7-17(26)10-19(15)16/h3-11,28H,2,12-14H2,1H3,(H,31,32). The number of carboxylic acids is 1. The molecular weight excluding hydrogens is 430 g/mol. The summed E-state index contributed by atoms with van der Waals surface area (Å²) in [6, 6.07) is 14.0. The van der Waals surface area contributed by atoms with Gasteiger partial charge >= 0.3 is 11.9 Å². The van der Waals surface area contributed by atoms with Crippen LogP contribution in [-0.4, -0.2) is 34.8 Å². The van der Waals surface area contributed by atoms with Crippen molar-refractivity contribution in [1.82, 2.24) is 9.88 Å². The molecule has 0 bridgehead atoms. The van der Waals surface area contributed by atoms with Crippen molar-refractivity contribution >= 4 is 33.6 Å². The van der Waals surface area contributed by atoms with Crippen LogP contribution in [-0.2, 0) is 22.6 Å². The number of benzene rings is 3. The normalized spacial score (nSPS) is 11.2. The summed E-state index contributed by atoms with van der Waals surface area (Å²) in [5.74, 6) is -2.56. The first-order valence-corrected chi connectivity index (χ1v) is 10.5. The van der Waals surface area contributed by atoms with Crippen molar-refractivity contribution in [3.05, 3.63) is 83.1 Å². The summed E-state index contributed by atoms with van der Waals surface area (Å²) in [4.78, 5) is 24.0. The van der Waals surface area contributed by atoms with Gasteiger partial charge in [-0.15, -0.1) is 0 Å². The van der Waals surface area contributed by atoms with Crippen LogP contribution >= 0.6 is 0 Å². The molecule has 4 aromatic rings. The quantitative estimate of drug-likeness (QED) is 0.386. The first-order valence-electron chi connectivity index (χ1n) is 10.5. The smallest absolute Gasteiger partial charge is 0.352 e. The van der Waals surface area contributed by atoms with E-state index in [0.29, 0.717) is 21.9 Å². The van der Waals surface area contributed by atoms with Gasteiger partial charge in [0, 0.05) is 29.6 Å². The topological polar surface area (TPSA) is 80.6 Å². The van der Waals surface area contributed by atoms with E-state index in [-0.39, 0.29) is 31.9 Å². The fraction of sp³-hybridized carbons (Fsp3) is 0.200. The molecule has 1 aromatic heterocycles. The van der Waals surface area contributed by atoms with Gasteiger partial charge in [-0.3, -0.25) is 4.79 Å². The summed E-state index contributed by atoms with van der Waals surface area (Å²) >= 11 is 0. The fourth-order valence-corrected chi connectivity index (χ4v) is 4.10. The Morgan fingerprint density at radius 3 is 2.48 bits per heavy atom. The number of hydrogen-bond acceptors (Lipinski definition) is 4. The van der Waals surface area contributed by atoms with Crippen molar-refractivity contribution in [1.29, 1.82) is 0 Å². The number of ether oxygens (including phenoxy) is 1. The van der Waals surface area contributed by atoms with E-state index in [4.69, 9.17) is 4.74 Å². The molecule has 0 saturated heterocycles. The maximum Gasteiger partial charge on any atom is 0.352 e. The van der Waals surface area contributed by atoms with E-state index >= 15 is 0 Å². The molecule has 0 unspecified atom stereocenters. The Morgan fingerprint density at radius 2 is 1.76 bits per heavy atom. The molecule has 0 saturated carbocycles. The third kappa shape index (κ3) is 4.56. The second-order valence-electron chi connectivity index (χ2n) is 7.57. The SMILES string of the molecule is CCOC(=O)CNCc1c(C(=O)O)n(Cc2cccc3ccc(F)cc23)c2ccc(F)cc12. The number of nitrogens with one attached hydrogen (secondary N) is 1. The lowest BCUT2D eigenvalue weighted by molar-refractivity contribution is -0.142. The molecule has 0 radical (unpaired) electrons. The molecule has 0 fully saturated rings. The van der Waals surface area contributed by atoms with Crippen LogP contribution in [0.5, 0.6) is 0 Å². The van der Waals surface area contributed by atoms with Gasteiger partial charge < -0.3 is 19.7 Å². The highest BCUT2D eigenvalue weighted by Crippen LogP contribution is 2.30. The minimum atomic E-state index is -1.19. The number of aromatic nitrogens is 1. The zero-order valence-electron chi connectivity index (χ0n) is 17.9. The van der Waals surface area contributed by atoms with Crippen LogP contribution in [0, 0.1) is 11.6 Å². The number of rotatable bonds is 8. The van der Waals surface area contributed by atoms with Crippen LogP contribution in [0.25, 0.3) is 21.7 Å². The van der Waals surface area contributed by atoms with E-state index in [1.54, 1.807) is 23.6 Å². The summed E-state index contributed by atoms with van der Waals surface area (Å²) in [6.07, 6.45) is 0. The van der Waals surface area contributed by atoms with E-state index in [2.05, 4.69) is 5.32 Å². The molecule has 0 atom stereocenters. The van der Waals surface area contributed by atoms with E-state index in [1.165, 1.54) is 30.3 Å². The average Bonchev–Trinajstić information content (AvgIpc) is 3.07. The predicted octanol–water partition coefficient (Wildman–Crippen LogP) is 4.47. The summed E-state index contributed by atoms with van der Waals surface area (Å²) < 4.78 is 34.5. The van der Waals surface area contributed by atoms with Gasteiger partial charge in [0.2, 0.25) is 0 Å². The predicted molar refractivity (Wildman–Crippen MR) is 120 cm³/mol. The Bertz CT molecular complexity index is 1360. The molecule has 2 N–H and O–H groups in total. The molecule has 3 aromatic carbocycles. The number of carbonyl (C=O) groups is 2. The molecule has 0 spiro atoms. The van der Waals surface area contributed by atoms with E-state index in [9.17, 15) is 23.5 Å². The van der Waals surface area contributed by atoms with Crippen molar-refractivity contribution in [3.8, 4) is 0 Å². The Hall–Kier alpha value is -3.78. The maximum atomic E-state index is 14.1. The van der Waals surface area contributed by atoms with Crippen molar-refractivity contribution in [2.75, 3.05) is 13.2 Å². The number of aromatic carboxylic acids is 1. The van der Waals surface area contributed by atoms with Gasteiger partial charge in [-0.2, -0.15) is 0 Å². The van der Waals surface area contributed by atoms with Gasteiger partial charge in [-0.1, -0.05) is 24.3 Å². The summed E-state index contributed by atoms with van der Waals surface area (Å²) in [7, 11) is 0. The summed E-state index contributed by atoms with van der Waals surface area (Å²) in [5, 5.41) is 14.9. The number of carbonyl (C=O) groups excluding carboxylic acids is 1. The first kappa shape index (κ1) is 22.4. The minimum Gasteiger partial charge on any atom is -0.477 e. The second-order valence-corrected chi connectivity index (χ2v) is 7.57. The lowest BCUT2D eigenvalue weighted by Gasteiger charge is -2.12. The van der Waals surface area contributed by atoms with Crippen molar-refractivity contribution in [3.63, 3.8) is 0 Å². The zero-order valence-corrected chi connectivity index (χ0v) is 17.9. The number of hydrogen-bond donors (Lipinski definition) is 2. The Morgan fingerprint density at radius 1 is 1.03 bits per heavy atom. The monoisotopic (exact) mass is 452 g/mol. The fourth-order valence-electron chi connectivity index (χ4n) is 4.10. The highest BCUT2D eigenvalue weighted by molar-refractivity contribution is 5.98. The maximum absolute atomic E-state index is 14.1. The highest BCUT2D eigenvalue weighted by Gasteiger charge is 2.23.